The molecule has 1 rings (SSSR count). The van der Waals surface area contributed by atoms with Crippen molar-refractivity contribution >= 4 is 11.8 Å². The van der Waals surface area contributed by atoms with Gasteiger partial charge in [0.15, 0.2) is 0 Å². The molecule has 0 aromatic heterocycles. The van der Waals surface area contributed by atoms with Crippen LogP contribution in [0.5, 0.6) is 0 Å². The van der Waals surface area contributed by atoms with E-state index >= 15 is 0 Å². The van der Waals surface area contributed by atoms with Crippen LogP contribution in [-0.4, -0.2) is 40.9 Å². The van der Waals surface area contributed by atoms with Gasteiger partial charge in [-0.25, -0.2) is 0 Å². The van der Waals surface area contributed by atoms with Crippen LogP contribution < -0.4 is 0 Å². The first-order valence-electron chi connectivity index (χ1n) is 5.43. The summed E-state index contributed by atoms with van der Waals surface area (Å²) in [6, 6.07) is -0.00181. The summed E-state index contributed by atoms with van der Waals surface area (Å²) in [6.45, 7) is 6.93. The summed E-state index contributed by atoms with van der Waals surface area (Å²) >= 11 is 0. The molecule has 1 saturated heterocycles. The fourth-order valence-electron chi connectivity index (χ4n) is 1.94. The average molecular weight is 213 g/mol. The van der Waals surface area contributed by atoms with E-state index in [-0.39, 0.29) is 17.9 Å². The van der Waals surface area contributed by atoms with Crippen molar-refractivity contribution in [2.45, 2.75) is 33.2 Å². The van der Waals surface area contributed by atoms with Crippen LogP contribution in [0.2, 0.25) is 0 Å². The Morgan fingerprint density at radius 2 is 2.13 bits per heavy atom. The van der Waals surface area contributed by atoms with E-state index in [1.54, 1.807) is 6.92 Å². The number of hydrogen-bond donors (Lipinski definition) is 1. The van der Waals surface area contributed by atoms with E-state index in [0.29, 0.717) is 25.3 Å². The molecule has 1 aliphatic heterocycles. The molecule has 0 aromatic carbocycles. The molecule has 1 fully saturated rings. The monoisotopic (exact) mass is 213 g/mol. The van der Waals surface area contributed by atoms with Gasteiger partial charge in [-0.3, -0.25) is 14.5 Å². The molecule has 1 aliphatic rings. The van der Waals surface area contributed by atoms with Gasteiger partial charge in [-0.05, 0) is 6.92 Å². The average Bonchev–Trinajstić information content (AvgIpc) is 2.19. The molecule has 15 heavy (non-hydrogen) atoms. The molecule has 3 atom stereocenters. The number of carboxylic acids is 1. The molecule has 0 saturated carbocycles. The summed E-state index contributed by atoms with van der Waals surface area (Å²) in [5.74, 6) is -0.818. The lowest BCUT2D eigenvalue weighted by Crippen LogP contribution is -2.48. The number of carbonyl (C=O) groups excluding carboxylic acids is 1. The summed E-state index contributed by atoms with van der Waals surface area (Å²) < 4.78 is 0. The van der Waals surface area contributed by atoms with Gasteiger partial charge in [-0.1, -0.05) is 13.8 Å². The number of likely N-dealkylation sites (tertiary alicyclic amines) is 1. The molecular formula is C11H19NO3. The van der Waals surface area contributed by atoms with Crippen molar-refractivity contribution in [2.75, 3.05) is 13.1 Å². The van der Waals surface area contributed by atoms with Crippen molar-refractivity contribution in [1.29, 1.82) is 0 Å². The summed E-state index contributed by atoms with van der Waals surface area (Å²) in [7, 11) is 0. The summed E-state index contributed by atoms with van der Waals surface area (Å²) in [5, 5.41) is 8.91. The Labute approximate surface area is 90.3 Å². The molecule has 0 spiro atoms. The quantitative estimate of drug-likeness (QED) is 0.760. The number of aliphatic carboxylic acids is 1. The molecule has 1 N–H and O–H groups in total. The Kier molecular flexibility index (Phi) is 3.85. The largest absolute Gasteiger partial charge is 0.481 e. The Bertz CT molecular complexity index is 265. The molecule has 4 heteroatoms. The minimum atomic E-state index is -0.771. The van der Waals surface area contributed by atoms with Crippen molar-refractivity contribution in [3.05, 3.63) is 0 Å². The van der Waals surface area contributed by atoms with Gasteiger partial charge in [0.2, 0.25) is 0 Å². The van der Waals surface area contributed by atoms with Gasteiger partial charge in [0, 0.05) is 31.5 Å². The normalized spacial score (nSPS) is 27.4. The highest BCUT2D eigenvalue weighted by Crippen LogP contribution is 2.19. The van der Waals surface area contributed by atoms with Gasteiger partial charge >= 0.3 is 5.97 Å². The summed E-state index contributed by atoms with van der Waals surface area (Å²) in [6.07, 6.45) is 0.553. The molecule has 0 radical (unpaired) electrons. The maximum absolute atomic E-state index is 11.3. The Balaban J connectivity index is 2.58. The third-order valence-corrected chi connectivity index (χ3v) is 3.39. The van der Waals surface area contributed by atoms with Crippen LogP contribution in [-0.2, 0) is 9.59 Å². The molecule has 0 bridgehead atoms. The maximum Gasteiger partial charge on any atom is 0.307 e. The smallest absolute Gasteiger partial charge is 0.307 e. The number of ketones is 1. The molecule has 86 valence electrons. The minimum absolute atomic E-state index is 0.00181. The van der Waals surface area contributed by atoms with Crippen LogP contribution in [0, 0.1) is 11.8 Å². The summed E-state index contributed by atoms with van der Waals surface area (Å²) in [5.41, 5.74) is 0. The van der Waals surface area contributed by atoms with Crippen LogP contribution in [0.15, 0.2) is 0 Å². The van der Waals surface area contributed by atoms with Crippen LogP contribution in [0.3, 0.4) is 0 Å². The highest BCUT2D eigenvalue weighted by molar-refractivity contribution is 5.81. The second kappa shape index (κ2) is 4.75. The standard InChI is InChI=1S/C11H19NO3/c1-7-6-12(5-4-10(7)13)9(3)8(2)11(14)15/h7-9H,4-6H2,1-3H3,(H,14,15). The van der Waals surface area contributed by atoms with Crippen molar-refractivity contribution in [3.63, 3.8) is 0 Å². The van der Waals surface area contributed by atoms with Crippen LogP contribution >= 0.6 is 0 Å². The molecule has 0 aliphatic carbocycles. The van der Waals surface area contributed by atoms with Gasteiger partial charge in [-0.2, -0.15) is 0 Å². The Morgan fingerprint density at radius 1 is 1.53 bits per heavy atom. The van der Waals surface area contributed by atoms with E-state index in [2.05, 4.69) is 4.90 Å². The summed E-state index contributed by atoms with van der Waals surface area (Å²) in [4.78, 5) is 24.3. The lowest BCUT2D eigenvalue weighted by Gasteiger charge is -2.36. The van der Waals surface area contributed by atoms with Gasteiger partial charge in [-0.15, -0.1) is 0 Å². The third-order valence-electron chi connectivity index (χ3n) is 3.39. The lowest BCUT2D eigenvalue weighted by molar-refractivity contribution is -0.143. The first kappa shape index (κ1) is 12.2. The molecule has 1 heterocycles. The van der Waals surface area contributed by atoms with Gasteiger partial charge in [0.1, 0.15) is 5.78 Å². The zero-order valence-electron chi connectivity index (χ0n) is 9.56. The number of piperidine rings is 1. The molecule has 4 nitrogen and oxygen atoms in total. The van der Waals surface area contributed by atoms with E-state index in [9.17, 15) is 9.59 Å². The zero-order chi connectivity index (χ0) is 11.6. The first-order valence-corrected chi connectivity index (χ1v) is 5.43. The number of carboxylic acid groups (broad SMARTS) is 1. The van der Waals surface area contributed by atoms with E-state index in [0.717, 1.165) is 0 Å². The van der Waals surface area contributed by atoms with E-state index < -0.39 is 5.97 Å². The van der Waals surface area contributed by atoms with Crippen molar-refractivity contribution < 1.29 is 14.7 Å². The SMILES string of the molecule is CC1CN(C(C)C(C)C(=O)O)CCC1=O. The number of hydrogen-bond acceptors (Lipinski definition) is 3. The fourth-order valence-corrected chi connectivity index (χ4v) is 1.94. The highest BCUT2D eigenvalue weighted by atomic mass is 16.4. The first-order chi connectivity index (χ1) is 6.93. The van der Waals surface area contributed by atoms with Crippen LogP contribution in [0.25, 0.3) is 0 Å². The predicted octanol–water partition coefficient (Wildman–Crippen LogP) is 1.01. The third kappa shape index (κ3) is 2.78. The number of rotatable bonds is 3. The molecule has 0 amide bonds. The highest BCUT2D eigenvalue weighted by Gasteiger charge is 2.31. The number of nitrogens with zero attached hydrogens (tertiary/aromatic N) is 1. The van der Waals surface area contributed by atoms with Crippen molar-refractivity contribution in [2.24, 2.45) is 11.8 Å². The molecular weight excluding hydrogens is 194 g/mol. The predicted molar refractivity (Wildman–Crippen MR) is 56.6 cm³/mol. The van der Waals surface area contributed by atoms with Crippen LogP contribution in [0.4, 0.5) is 0 Å². The lowest BCUT2D eigenvalue weighted by atomic mass is 9.94. The van der Waals surface area contributed by atoms with Crippen LogP contribution in [0.1, 0.15) is 27.2 Å². The van der Waals surface area contributed by atoms with E-state index in [1.807, 2.05) is 13.8 Å². The molecule has 0 aromatic rings. The Morgan fingerprint density at radius 3 is 2.60 bits per heavy atom. The second-order valence-corrected chi connectivity index (χ2v) is 4.48. The fraction of sp³-hybridized carbons (Fsp3) is 0.818. The van der Waals surface area contributed by atoms with Crippen molar-refractivity contribution in [1.82, 2.24) is 4.90 Å². The Hall–Kier alpha value is -0.900. The number of Topliss-reactive ketones (excluding diaryl/α,β-unsaturated/α-hetero) is 1. The zero-order valence-corrected chi connectivity index (χ0v) is 9.56. The van der Waals surface area contributed by atoms with Crippen molar-refractivity contribution in [3.8, 4) is 0 Å². The minimum Gasteiger partial charge on any atom is -0.481 e. The maximum atomic E-state index is 11.3. The van der Waals surface area contributed by atoms with E-state index in [4.69, 9.17) is 5.11 Å². The van der Waals surface area contributed by atoms with Gasteiger partial charge < -0.3 is 5.11 Å². The molecule has 3 unspecified atom stereocenters. The topological polar surface area (TPSA) is 57.6 Å². The van der Waals surface area contributed by atoms with Gasteiger partial charge in [0.25, 0.3) is 0 Å². The van der Waals surface area contributed by atoms with Gasteiger partial charge in [0.05, 0.1) is 5.92 Å². The van der Waals surface area contributed by atoms with E-state index in [1.165, 1.54) is 0 Å². The number of carbonyl (C=O) groups is 2. The second-order valence-electron chi connectivity index (χ2n) is 4.48.